The predicted molar refractivity (Wildman–Crippen MR) is 103 cm³/mol. The maximum atomic E-state index is 13.0. The first-order valence-electron chi connectivity index (χ1n) is 8.31. The highest BCUT2D eigenvalue weighted by molar-refractivity contribution is 6.44. The van der Waals surface area contributed by atoms with Gasteiger partial charge in [0.1, 0.15) is 5.82 Å². The van der Waals surface area contributed by atoms with Crippen LogP contribution < -0.4 is 10.2 Å². The third-order valence-corrected chi connectivity index (χ3v) is 4.99. The number of anilines is 2. The molecule has 0 aromatic heterocycles. The molecular weight excluding hydrogens is 410 g/mol. The summed E-state index contributed by atoms with van der Waals surface area (Å²) in [5.74, 6) is -2.65. The second-order valence-electron chi connectivity index (χ2n) is 6.14. The number of amides is 2. The van der Waals surface area contributed by atoms with Gasteiger partial charge in [0.25, 0.3) is 5.91 Å². The summed E-state index contributed by atoms with van der Waals surface area (Å²) < 4.78 is 18.0. The summed E-state index contributed by atoms with van der Waals surface area (Å²) in [6.07, 6.45) is -0.0437. The molecule has 28 heavy (non-hydrogen) atoms. The first-order chi connectivity index (χ1) is 13.3. The van der Waals surface area contributed by atoms with Crippen molar-refractivity contribution in [3.8, 4) is 0 Å². The lowest BCUT2D eigenvalue weighted by molar-refractivity contribution is -0.151. The lowest BCUT2D eigenvalue weighted by Crippen LogP contribution is -2.28. The van der Waals surface area contributed by atoms with Gasteiger partial charge < -0.3 is 15.0 Å². The summed E-state index contributed by atoms with van der Waals surface area (Å²) in [4.78, 5) is 37.7. The molecule has 1 heterocycles. The molecule has 0 aliphatic carbocycles. The third-order valence-electron chi connectivity index (χ3n) is 4.17. The van der Waals surface area contributed by atoms with Crippen molar-refractivity contribution in [3.63, 3.8) is 0 Å². The van der Waals surface area contributed by atoms with Gasteiger partial charge in [0.15, 0.2) is 6.61 Å². The molecule has 2 amide bonds. The van der Waals surface area contributed by atoms with E-state index in [0.717, 1.165) is 0 Å². The zero-order valence-electron chi connectivity index (χ0n) is 14.5. The number of carbonyl (C=O) groups excluding carboxylic acids is 3. The van der Waals surface area contributed by atoms with E-state index in [-0.39, 0.29) is 28.9 Å². The highest BCUT2D eigenvalue weighted by Gasteiger charge is 2.36. The van der Waals surface area contributed by atoms with Crippen LogP contribution in [-0.2, 0) is 19.1 Å². The fraction of sp³-hybridized carbons (Fsp3) is 0.211. The molecule has 0 radical (unpaired) electrons. The van der Waals surface area contributed by atoms with Crippen LogP contribution in [0, 0.1) is 11.7 Å². The predicted octanol–water partition coefficient (Wildman–Crippen LogP) is 3.67. The average Bonchev–Trinajstić information content (AvgIpc) is 3.06. The molecule has 1 saturated heterocycles. The summed E-state index contributed by atoms with van der Waals surface area (Å²) in [5.41, 5.74) is 0.795. The van der Waals surface area contributed by atoms with Gasteiger partial charge in [-0.25, -0.2) is 4.39 Å². The maximum absolute atomic E-state index is 13.0. The minimum absolute atomic E-state index is 0.0437. The van der Waals surface area contributed by atoms with Crippen molar-refractivity contribution in [3.05, 3.63) is 58.3 Å². The van der Waals surface area contributed by atoms with Crippen LogP contribution in [0.1, 0.15) is 6.42 Å². The van der Waals surface area contributed by atoms with Crippen molar-refractivity contribution < 1.29 is 23.5 Å². The smallest absolute Gasteiger partial charge is 0.311 e. The summed E-state index contributed by atoms with van der Waals surface area (Å²) in [6.45, 7) is -0.423. The van der Waals surface area contributed by atoms with E-state index in [0.29, 0.717) is 11.4 Å². The highest BCUT2D eigenvalue weighted by atomic mass is 35.5. The number of esters is 1. The van der Waals surface area contributed by atoms with Gasteiger partial charge >= 0.3 is 5.97 Å². The molecule has 0 bridgehead atoms. The molecule has 0 spiro atoms. The van der Waals surface area contributed by atoms with E-state index in [4.69, 9.17) is 27.9 Å². The highest BCUT2D eigenvalue weighted by Crippen LogP contribution is 2.29. The van der Waals surface area contributed by atoms with Gasteiger partial charge in [-0.2, -0.15) is 0 Å². The number of nitrogens with one attached hydrogen (secondary N) is 1. The van der Waals surface area contributed by atoms with Crippen LogP contribution in [0.3, 0.4) is 0 Å². The zero-order valence-corrected chi connectivity index (χ0v) is 16.0. The summed E-state index contributed by atoms with van der Waals surface area (Å²) in [7, 11) is 0. The van der Waals surface area contributed by atoms with Crippen LogP contribution in [-0.4, -0.2) is 30.9 Å². The Morgan fingerprint density at radius 2 is 1.89 bits per heavy atom. The number of halogens is 3. The standard InChI is InChI=1S/C19H15Cl2FN2O4/c20-14-2-1-3-15(18(14)21)23-16(25)10-28-19(27)11-8-17(26)24(9-11)13-6-4-12(22)5-7-13/h1-7,11H,8-10H2,(H,23,25)/t11-/m1/s1. The molecule has 146 valence electrons. The molecular formula is C19H15Cl2FN2O4. The van der Waals surface area contributed by atoms with Crippen molar-refractivity contribution in [2.45, 2.75) is 6.42 Å². The summed E-state index contributed by atoms with van der Waals surface area (Å²) >= 11 is 11.9. The van der Waals surface area contributed by atoms with E-state index in [1.807, 2.05) is 0 Å². The van der Waals surface area contributed by atoms with Gasteiger partial charge in [-0.05, 0) is 36.4 Å². The van der Waals surface area contributed by atoms with Crippen LogP contribution in [0.2, 0.25) is 10.0 Å². The fourth-order valence-corrected chi connectivity index (χ4v) is 3.12. The van der Waals surface area contributed by atoms with Crippen LogP contribution in [0.25, 0.3) is 0 Å². The van der Waals surface area contributed by atoms with E-state index in [2.05, 4.69) is 5.32 Å². The number of ether oxygens (including phenoxy) is 1. The number of nitrogens with zero attached hydrogens (tertiary/aromatic N) is 1. The van der Waals surface area contributed by atoms with E-state index < -0.39 is 30.2 Å². The maximum Gasteiger partial charge on any atom is 0.311 e. The van der Waals surface area contributed by atoms with E-state index in [1.165, 1.54) is 29.2 Å². The molecule has 2 aromatic rings. The zero-order chi connectivity index (χ0) is 20.3. The van der Waals surface area contributed by atoms with Crippen molar-refractivity contribution in [2.75, 3.05) is 23.4 Å². The molecule has 1 aliphatic rings. The van der Waals surface area contributed by atoms with Crippen LogP contribution in [0.5, 0.6) is 0 Å². The van der Waals surface area contributed by atoms with Gasteiger partial charge in [-0.3, -0.25) is 14.4 Å². The monoisotopic (exact) mass is 424 g/mol. The Kier molecular flexibility index (Phi) is 6.16. The minimum atomic E-state index is -0.708. The summed E-state index contributed by atoms with van der Waals surface area (Å²) in [5, 5.41) is 2.96. The average molecular weight is 425 g/mol. The quantitative estimate of drug-likeness (QED) is 0.742. The largest absolute Gasteiger partial charge is 0.455 e. The normalized spacial score (nSPS) is 16.2. The second kappa shape index (κ2) is 8.58. The van der Waals surface area contributed by atoms with Gasteiger partial charge in [0, 0.05) is 18.7 Å². The van der Waals surface area contributed by atoms with Crippen molar-refractivity contribution >= 4 is 52.4 Å². The first kappa shape index (κ1) is 20.1. The number of rotatable bonds is 5. The third kappa shape index (κ3) is 4.61. The fourth-order valence-electron chi connectivity index (χ4n) is 2.78. The van der Waals surface area contributed by atoms with Crippen molar-refractivity contribution in [1.29, 1.82) is 0 Å². The molecule has 1 atom stereocenters. The number of carbonyl (C=O) groups is 3. The van der Waals surface area contributed by atoms with Gasteiger partial charge in [-0.15, -0.1) is 0 Å². The molecule has 0 unspecified atom stereocenters. The Balaban J connectivity index is 1.53. The van der Waals surface area contributed by atoms with E-state index >= 15 is 0 Å². The van der Waals surface area contributed by atoms with Gasteiger partial charge in [0.05, 0.1) is 21.7 Å². The molecule has 9 heteroatoms. The Morgan fingerprint density at radius 1 is 1.18 bits per heavy atom. The number of hydrogen-bond donors (Lipinski definition) is 1. The number of benzene rings is 2. The Morgan fingerprint density at radius 3 is 2.61 bits per heavy atom. The van der Waals surface area contributed by atoms with E-state index in [1.54, 1.807) is 18.2 Å². The van der Waals surface area contributed by atoms with Crippen molar-refractivity contribution in [2.24, 2.45) is 5.92 Å². The molecule has 3 rings (SSSR count). The topological polar surface area (TPSA) is 75.7 Å². The lowest BCUT2D eigenvalue weighted by Gasteiger charge is -2.16. The van der Waals surface area contributed by atoms with Gasteiger partial charge in [-0.1, -0.05) is 29.3 Å². The molecule has 6 nitrogen and oxygen atoms in total. The van der Waals surface area contributed by atoms with E-state index in [9.17, 15) is 18.8 Å². The first-order valence-corrected chi connectivity index (χ1v) is 9.07. The lowest BCUT2D eigenvalue weighted by atomic mass is 10.1. The molecule has 1 fully saturated rings. The van der Waals surface area contributed by atoms with Crippen molar-refractivity contribution in [1.82, 2.24) is 0 Å². The molecule has 1 N–H and O–H groups in total. The van der Waals surface area contributed by atoms with Crippen LogP contribution >= 0.6 is 23.2 Å². The molecule has 0 saturated carbocycles. The summed E-state index contributed by atoms with van der Waals surface area (Å²) in [6, 6.07) is 10.1. The van der Waals surface area contributed by atoms with Crippen LogP contribution in [0.4, 0.5) is 15.8 Å². The Bertz CT molecular complexity index is 921. The SMILES string of the molecule is O=C(COC(=O)[C@@H]1CC(=O)N(c2ccc(F)cc2)C1)Nc1cccc(Cl)c1Cl. The Labute approximate surface area is 170 Å². The molecule has 2 aromatic carbocycles. The second-order valence-corrected chi connectivity index (χ2v) is 6.92. The van der Waals surface area contributed by atoms with Crippen LogP contribution in [0.15, 0.2) is 42.5 Å². The molecule has 1 aliphatic heterocycles. The van der Waals surface area contributed by atoms with Gasteiger partial charge in [0.2, 0.25) is 5.91 Å². The number of hydrogen-bond acceptors (Lipinski definition) is 4. The Hall–Kier alpha value is -2.64. The minimum Gasteiger partial charge on any atom is -0.455 e.